The number of nitrogens with zero attached hydrogens (tertiary/aromatic N) is 1. The number of esters is 1. The molecule has 0 radical (unpaired) electrons. The van der Waals surface area contributed by atoms with Crippen molar-refractivity contribution in [2.45, 2.75) is 24.9 Å². The molecular formula is C10H15NO2. The van der Waals surface area contributed by atoms with E-state index in [9.17, 15) is 4.79 Å². The van der Waals surface area contributed by atoms with Crippen LogP contribution in [0.5, 0.6) is 0 Å². The normalized spacial score (nSPS) is 37.8. The van der Waals surface area contributed by atoms with Crippen LogP contribution < -0.4 is 0 Å². The van der Waals surface area contributed by atoms with Gasteiger partial charge in [-0.05, 0) is 19.9 Å². The summed E-state index contributed by atoms with van der Waals surface area (Å²) < 4.78 is 4.77. The lowest BCUT2D eigenvalue weighted by atomic mass is 9.96. The van der Waals surface area contributed by atoms with E-state index in [2.05, 4.69) is 18.0 Å². The van der Waals surface area contributed by atoms with Crippen molar-refractivity contribution in [3.63, 3.8) is 0 Å². The highest BCUT2D eigenvalue weighted by Crippen LogP contribution is 2.33. The predicted octanol–water partition coefficient (Wildman–Crippen LogP) is 0.808. The van der Waals surface area contributed by atoms with Crippen LogP contribution in [0.25, 0.3) is 0 Å². The summed E-state index contributed by atoms with van der Waals surface area (Å²) in [6.07, 6.45) is 6.42. The summed E-state index contributed by atoms with van der Waals surface area (Å²) in [6, 6.07) is 0.911. The molecule has 13 heavy (non-hydrogen) atoms. The van der Waals surface area contributed by atoms with Crippen LogP contribution in [0.4, 0.5) is 0 Å². The summed E-state index contributed by atoms with van der Waals surface area (Å²) in [5.74, 6) is -0.151. The van der Waals surface area contributed by atoms with Crippen LogP contribution in [0.3, 0.4) is 0 Å². The maximum Gasteiger partial charge on any atom is 0.314 e. The number of methoxy groups -OCH3 is 1. The van der Waals surface area contributed by atoms with Gasteiger partial charge in [-0.3, -0.25) is 9.69 Å². The van der Waals surface area contributed by atoms with Gasteiger partial charge in [-0.1, -0.05) is 12.2 Å². The molecular weight excluding hydrogens is 166 g/mol. The molecule has 0 aliphatic carbocycles. The van der Waals surface area contributed by atoms with E-state index in [1.54, 1.807) is 0 Å². The van der Waals surface area contributed by atoms with E-state index in [1.165, 1.54) is 13.5 Å². The van der Waals surface area contributed by atoms with Crippen molar-refractivity contribution >= 4 is 5.97 Å². The van der Waals surface area contributed by atoms with Gasteiger partial charge < -0.3 is 4.74 Å². The average molecular weight is 181 g/mol. The van der Waals surface area contributed by atoms with Crippen molar-refractivity contribution in [1.29, 1.82) is 0 Å². The topological polar surface area (TPSA) is 29.5 Å². The molecule has 0 aromatic rings. The molecule has 0 spiro atoms. The summed E-state index contributed by atoms with van der Waals surface area (Å²) >= 11 is 0. The van der Waals surface area contributed by atoms with Crippen molar-refractivity contribution in [2.24, 2.45) is 5.92 Å². The summed E-state index contributed by atoms with van der Waals surface area (Å²) in [5, 5.41) is 0. The number of hydrogen-bond acceptors (Lipinski definition) is 3. The van der Waals surface area contributed by atoms with Crippen LogP contribution in [0, 0.1) is 5.92 Å². The van der Waals surface area contributed by atoms with E-state index in [1.807, 2.05) is 6.08 Å². The SMILES string of the molecule is COC(=O)[C@H]1C=C[C@@H]2CC[C@H]1N2C. The number of likely N-dealkylation sites (N-methyl/N-ethyl adjacent to an activating group) is 1. The average Bonchev–Trinajstić information content (AvgIpc) is 2.41. The van der Waals surface area contributed by atoms with Crippen molar-refractivity contribution in [3.8, 4) is 0 Å². The highest BCUT2D eigenvalue weighted by atomic mass is 16.5. The maximum absolute atomic E-state index is 11.4. The molecule has 2 aliphatic rings. The molecule has 0 N–H and O–H groups in total. The maximum atomic E-state index is 11.4. The Kier molecular flexibility index (Phi) is 2.12. The number of carbonyl (C=O) groups excluding carboxylic acids is 1. The zero-order valence-corrected chi connectivity index (χ0v) is 8.06. The Morgan fingerprint density at radius 1 is 1.46 bits per heavy atom. The van der Waals surface area contributed by atoms with E-state index < -0.39 is 0 Å². The number of rotatable bonds is 1. The minimum absolute atomic E-state index is 0.0475. The second kappa shape index (κ2) is 3.14. The molecule has 72 valence electrons. The fourth-order valence-corrected chi connectivity index (χ4v) is 2.41. The Labute approximate surface area is 78.4 Å². The number of fused-ring (bicyclic) bond motifs is 2. The molecule has 1 saturated heterocycles. The molecule has 1 fully saturated rings. The molecule has 0 unspecified atom stereocenters. The first-order chi connectivity index (χ1) is 6.24. The van der Waals surface area contributed by atoms with Gasteiger partial charge in [0.15, 0.2) is 0 Å². The molecule has 2 heterocycles. The third-order valence-corrected chi connectivity index (χ3v) is 3.23. The summed E-state index contributed by atoms with van der Waals surface area (Å²) in [4.78, 5) is 13.7. The second-order valence-corrected chi connectivity index (χ2v) is 3.81. The second-order valence-electron chi connectivity index (χ2n) is 3.81. The van der Waals surface area contributed by atoms with Crippen molar-refractivity contribution in [1.82, 2.24) is 4.90 Å². The zero-order valence-electron chi connectivity index (χ0n) is 8.06. The molecule has 0 saturated carbocycles. The first-order valence-corrected chi connectivity index (χ1v) is 4.72. The summed E-state index contributed by atoms with van der Waals surface area (Å²) in [5.41, 5.74) is 0. The highest BCUT2D eigenvalue weighted by Gasteiger charge is 2.40. The molecule has 0 amide bonds. The van der Waals surface area contributed by atoms with E-state index in [-0.39, 0.29) is 11.9 Å². The van der Waals surface area contributed by atoms with Crippen LogP contribution in [0.15, 0.2) is 12.2 Å². The first kappa shape index (κ1) is 8.75. The van der Waals surface area contributed by atoms with Crippen LogP contribution in [-0.4, -0.2) is 37.1 Å². The van der Waals surface area contributed by atoms with Gasteiger partial charge in [0.1, 0.15) is 0 Å². The molecule has 2 rings (SSSR count). The lowest BCUT2D eigenvalue weighted by Crippen LogP contribution is -2.42. The largest absolute Gasteiger partial charge is 0.469 e. The molecule has 3 heteroatoms. The van der Waals surface area contributed by atoms with Crippen molar-refractivity contribution in [2.75, 3.05) is 14.2 Å². The van der Waals surface area contributed by atoms with Gasteiger partial charge in [0, 0.05) is 12.1 Å². The van der Waals surface area contributed by atoms with Crippen LogP contribution in [0.2, 0.25) is 0 Å². The van der Waals surface area contributed by atoms with Gasteiger partial charge in [-0.2, -0.15) is 0 Å². The Morgan fingerprint density at radius 3 is 2.92 bits per heavy atom. The number of carbonyl (C=O) groups is 1. The van der Waals surface area contributed by atoms with Crippen molar-refractivity contribution in [3.05, 3.63) is 12.2 Å². The van der Waals surface area contributed by atoms with Gasteiger partial charge in [-0.25, -0.2) is 0 Å². The smallest absolute Gasteiger partial charge is 0.314 e. The predicted molar refractivity (Wildman–Crippen MR) is 49.2 cm³/mol. The fraction of sp³-hybridized carbons (Fsp3) is 0.700. The highest BCUT2D eigenvalue weighted by molar-refractivity contribution is 5.75. The van der Waals surface area contributed by atoms with Gasteiger partial charge in [0.2, 0.25) is 0 Å². The lowest BCUT2D eigenvalue weighted by molar-refractivity contribution is -0.145. The van der Waals surface area contributed by atoms with E-state index in [0.717, 1.165) is 6.42 Å². The van der Waals surface area contributed by atoms with E-state index in [0.29, 0.717) is 12.1 Å². The Hall–Kier alpha value is -0.830. The van der Waals surface area contributed by atoms with Crippen LogP contribution in [-0.2, 0) is 9.53 Å². The molecule has 2 bridgehead atoms. The molecule has 0 aromatic carbocycles. The summed E-state index contributed by atoms with van der Waals surface area (Å²) in [7, 11) is 3.54. The van der Waals surface area contributed by atoms with Gasteiger partial charge >= 0.3 is 5.97 Å². The fourth-order valence-electron chi connectivity index (χ4n) is 2.41. The third-order valence-electron chi connectivity index (χ3n) is 3.23. The molecule has 0 aromatic heterocycles. The zero-order chi connectivity index (χ0) is 9.42. The third kappa shape index (κ3) is 1.27. The Bertz CT molecular complexity index is 249. The first-order valence-electron chi connectivity index (χ1n) is 4.72. The lowest BCUT2D eigenvalue weighted by Gasteiger charge is -2.31. The minimum atomic E-state index is -0.103. The monoisotopic (exact) mass is 181 g/mol. The van der Waals surface area contributed by atoms with Crippen molar-refractivity contribution < 1.29 is 9.53 Å². The van der Waals surface area contributed by atoms with Gasteiger partial charge in [0.05, 0.1) is 13.0 Å². The number of ether oxygens (including phenoxy) is 1. The standard InChI is InChI=1S/C10H15NO2/c1-11-7-3-5-8(10(12)13-2)9(11)6-4-7/h3,5,7-9H,4,6H2,1-2H3/t7-,8+,9-/m1/s1. The van der Waals surface area contributed by atoms with E-state index in [4.69, 9.17) is 4.74 Å². The van der Waals surface area contributed by atoms with Crippen LogP contribution in [0.1, 0.15) is 12.8 Å². The minimum Gasteiger partial charge on any atom is -0.469 e. The quantitative estimate of drug-likeness (QED) is 0.443. The van der Waals surface area contributed by atoms with Gasteiger partial charge in [-0.15, -0.1) is 0 Å². The van der Waals surface area contributed by atoms with E-state index >= 15 is 0 Å². The van der Waals surface area contributed by atoms with Crippen LogP contribution >= 0.6 is 0 Å². The molecule has 3 atom stereocenters. The Morgan fingerprint density at radius 2 is 2.23 bits per heavy atom. The van der Waals surface area contributed by atoms with Gasteiger partial charge in [0.25, 0.3) is 0 Å². The number of hydrogen-bond donors (Lipinski definition) is 0. The molecule has 3 nitrogen and oxygen atoms in total. The molecule has 2 aliphatic heterocycles. The Balaban J connectivity index is 2.19. The summed E-state index contributed by atoms with van der Waals surface area (Å²) in [6.45, 7) is 0.